The summed E-state index contributed by atoms with van der Waals surface area (Å²) in [5, 5.41) is 36.1. The molecule has 0 bridgehead atoms. The molecular weight excluding hydrogens is 372 g/mol. The van der Waals surface area contributed by atoms with Gasteiger partial charge in [0.2, 0.25) is 0 Å². The van der Waals surface area contributed by atoms with E-state index in [4.69, 9.17) is 10.5 Å². The number of anilines is 1. The van der Waals surface area contributed by atoms with Crippen molar-refractivity contribution in [1.29, 1.82) is 0 Å². The van der Waals surface area contributed by atoms with Crippen LogP contribution in [0.25, 0.3) is 17.1 Å². The SMILES string of the molecule is CNC(=O)c1cnn(-c2nc(N)c3ncn(C4OC(CO)[C@@H](O)C4O)c3n2)c1. The van der Waals surface area contributed by atoms with Gasteiger partial charge in [0, 0.05) is 13.2 Å². The van der Waals surface area contributed by atoms with Gasteiger partial charge in [-0.1, -0.05) is 0 Å². The van der Waals surface area contributed by atoms with Gasteiger partial charge in [0.15, 0.2) is 17.7 Å². The van der Waals surface area contributed by atoms with Gasteiger partial charge in [0.1, 0.15) is 23.8 Å². The number of nitrogen functional groups attached to an aromatic ring is 1. The molecule has 1 amide bonds. The normalized spacial score (nSPS) is 24.7. The fraction of sp³-hybridized carbons (Fsp3) is 0.400. The maximum absolute atomic E-state index is 11.7. The second-order valence-electron chi connectivity index (χ2n) is 6.21. The Labute approximate surface area is 157 Å². The summed E-state index contributed by atoms with van der Waals surface area (Å²) in [5.41, 5.74) is 6.78. The van der Waals surface area contributed by atoms with Crippen LogP contribution in [0.5, 0.6) is 0 Å². The van der Waals surface area contributed by atoms with E-state index in [1.54, 1.807) is 0 Å². The van der Waals surface area contributed by atoms with Crippen molar-refractivity contribution in [3.63, 3.8) is 0 Å². The zero-order valence-electron chi connectivity index (χ0n) is 14.7. The van der Waals surface area contributed by atoms with E-state index in [0.29, 0.717) is 5.56 Å². The van der Waals surface area contributed by atoms with Crippen molar-refractivity contribution in [1.82, 2.24) is 34.6 Å². The average molecular weight is 390 g/mol. The van der Waals surface area contributed by atoms with Gasteiger partial charge in [-0.15, -0.1) is 0 Å². The van der Waals surface area contributed by atoms with Gasteiger partial charge in [-0.2, -0.15) is 15.1 Å². The van der Waals surface area contributed by atoms with Crippen LogP contribution in [0.2, 0.25) is 0 Å². The van der Waals surface area contributed by atoms with Crippen molar-refractivity contribution < 1.29 is 24.9 Å². The highest BCUT2D eigenvalue weighted by Gasteiger charge is 2.44. The molecule has 0 saturated carbocycles. The number of fused-ring (bicyclic) bond motifs is 1. The van der Waals surface area contributed by atoms with Crippen LogP contribution < -0.4 is 11.1 Å². The van der Waals surface area contributed by atoms with Gasteiger partial charge in [-0.3, -0.25) is 9.36 Å². The molecule has 1 aliphatic rings. The topological polar surface area (TPSA) is 186 Å². The van der Waals surface area contributed by atoms with Crippen molar-refractivity contribution in [3.05, 3.63) is 24.3 Å². The fourth-order valence-electron chi connectivity index (χ4n) is 3.02. The van der Waals surface area contributed by atoms with Gasteiger partial charge < -0.3 is 31.1 Å². The molecule has 0 radical (unpaired) electrons. The quantitative estimate of drug-likeness (QED) is 0.320. The van der Waals surface area contributed by atoms with Crippen molar-refractivity contribution in [2.75, 3.05) is 19.4 Å². The van der Waals surface area contributed by atoms with E-state index < -0.39 is 31.1 Å². The molecule has 0 aliphatic carbocycles. The van der Waals surface area contributed by atoms with Gasteiger partial charge in [-0.25, -0.2) is 9.67 Å². The van der Waals surface area contributed by atoms with Crippen LogP contribution in [0, 0.1) is 0 Å². The van der Waals surface area contributed by atoms with Crippen LogP contribution in [0.3, 0.4) is 0 Å². The first-order valence-corrected chi connectivity index (χ1v) is 8.34. The third-order valence-electron chi connectivity index (χ3n) is 4.50. The molecule has 6 N–H and O–H groups in total. The standard InChI is InChI=1S/C15H18N8O5/c1-17-13(27)6-2-19-23(3-6)15-20-11(16)8-12(21-15)22(5-18-8)14-10(26)9(25)7(4-24)28-14/h2-3,5,7,9-10,14,24-26H,4H2,1H3,(H,17,27)(H2,16,20,21)/t7?,9-,10?,14?/m1/s1. The highest BCUT2D eigenvalue weighted by Crippen LogP contribution is 2.32. The number of hydrogen-bond acceptors (Lipinski definition) is 10. The molecule has 13 nitrogen and oxygen atoms in total. The van der Waals surface area contributed by atoms with Crippen molar-refractivity contribution >= 4 is 22.9 Å². The van der Waals surface area contributed by atoms with Gasteiger partial charge in [-0.05, 0) is 0 Å². The monoisotopic (exact) mass is 390 g/mol. The number of carbonyl (C=O) groups is 1. The molecule has 0 aromatic carbocycles. The number of imidazole rings is 1. The number of hydrogen-bond donors (Lipinski definition) is 5. The predicted molar refractivity (Wildman–Crippen MR) is 93.3 cm³/mol. The van der Waals surface area contributed by atoms with Crippen molar-refractivity contribution in [3.8, 4) is 5.95 Å². The minimum Gasteiger partial charge on any atom is -0.394 e. The minimum atomic E-state index is -1.31. The highest BCUT2D eigenvalue weighted by atomic mass is 16.6. The van der Waals surface area contributed by atoms with Crippen LogP contribution in [-0.2, 0) is 4.74 Å². The summed E-state index contributed by atoms with van der Waals surface area (Å²) < 4.78 is 8.18. The number of aliphatic hydroxyl groups excluding tert-OH is 3. The van der Waals surface area contributed by atoms with Crippen LogP contribution in [-0.4, -0.2) is 82.5 Å². The summed E-state index contributed by atoms with van der Waals surface area (Å²) >= 11 is 0. The molecule has 1 fully saturated rings. The van der Waals surface area contributed by atoms with Crippen LogP contribution >= 0.6 is 0 Å². The van der Waals surface area contributed by atoms with Gasteiger partial charge >= 0.3 is 0 Å². The smallest absolute Gasteiger partial charge is 0.254 e. The van der Waals surface area contributed by atoms with E-state index in [1.807, 2.05) is 0 Å². The Kier molecular flexibility index (Phi) is 4.43. The lowest BCUT2D eigenvalue weighted by molar-refractivity contribution is -0.0511. The molecule has 1 saturated heterocycles. The third-order valence-corrected chi connectivity index (χ3v) is 4.50. The Morgan fingerprint density at radius 2 is 2.14 bits per heavy atom. The predicted octanol–water partition coefficient (Wildman–Crippen LogP) is -2.43. The minimum absolute atomic E-state index is 0.0579. The molecule has 3 aromatic heterocycles. The lowest BCUT2D eigenvalue weighted by atomic mass is 10.1. The summed E-state index contributed by atoms with van der Waals surface area (Å²) in [6, 6.07) is 0. The maximum Gasteiger partial charge on any atom is 0.254 e. The maximum atomic E-state index is 11.7. The van der Waals surface area contributed by atoms with Crippen LogP contribution in [0.4, 0.5) is 5.82 Å². The molecule has 4 atom stereocenters. The Morgan fingerprint density at radius 3 is 2.82 bits per heavy atom. The Morgan fingerprint density at radius 1 is 1.36 bits per heavy atom. The molecule has 3 unspecified atom stereocenters. The first kappa shape index (κ1) is 18.2. The molecule has 3 aromatic rings. The molecule has 4 rings (SSSR count). The molecule has 1 aliphatic heterocycles. The van der Waals surface area contributed by atoms with Crippen LogP contribution in [0.15, 0.2) is 18.7 Å². The van der Waals surface area contributed by atoms with E-state index in [-0.39, 0.29) is 28.8 Å². The van der Waals surface area contributed by atoms with Crippen LogP contribution in [0.1, 0.15) is 16.6 Å². The van der Waals surface area contributed by atoms with E-state index in [0.717, 1.165) is 0 Å². The number of nitrogens with two attached hydrogens (primary N) is 1. The second-order valence-corrected chi connectivity index (χ2v) is 6.21. The summed E-state index contributed by atoms with van der Waals surface area (Å²) in [7, 11) is 1.50. The van der Waals surface area contributed by atoms with Gasteiger partial charge in [0.05, 0.1) is 24.7 Å². The Balaban J connectivity index is 1.77. The Hall–Kier alpha value is -3.13. The summed E-state index contributed by atoms with van der Waals surface area (Å²) in [6.07, 6.45) is -0.418. The summed E-state index contributed by atoms with van der Waals surface area (Å²) in [5.74, 6) is -0.187. The molecule has 28 heavy (non-hydrogen) atoms. The largest absolute Gasteiger partial charge is 0.394 e. The lowest BCUT2D eigenvalue weighted by Crippen LogP contribution is -2.33. The molecular formula is C15H18N8O5. The molecule has 0 spiro atoms. The number of ether oxygens (including phenoxy) is 1. The summed E-state index contributed by atoms with van der Waals surface area (Å²) in [4.78, 5) is 24.4. The molecule has 13 heteroatoms. The lowest BCUT2D eigenvalue weighted by Gasteiger charge is -2.16. The number of nitrogens with one attached hydrogen (secondary N) is 1. The van der Waals surface area contributed by atoms with E-state index >= 15 is 0 Å². The number of amides is 1. The number of nitrogens with zero attached hydrogens (tertiary/aromatic N) is 6. The number of aromatic nitrogens is 6. The van der Waals surface area contributed by atoms with E-state index in [1.165, 1.54) is 35.0 Å². The highest BCUT2D eigenvalue weighted by molar-refractivity contribution is 5.93. The number of carbonyl (C=O) groups excluding carboxylic acids is 1. The van der Waals surface area contributed by atoms with E-state index in [9.17, 15) is 20.1 Å². The van der Waals surface area contributed by atoms with Crippen molar-refractivity contribution in [2.45, 2.75) is 24.5 Å². The van der Waals surface area contributed by atoms with E-state index in [2.05, 4.69) is 25.4 Å². The first-order valence-electron chi connectivity index (χ1n) is 8.34. The number of rotatable bonds is 4. The zero-order valence-corrected chi connectivity index (χ0v) is 14.7. The molecule has 148 valence electrons. The van der Waals surface area contributed by atoms with Crippen molar-refractivity contribution in [2.24, 2.45) is 0 Å². The zero-order chi connectivity index (χ0) is 20.0. The fourth-order valence-corrected chi connectivity index (χ4v) is 3.02. The average Bonchev–Trinajstić information content (AvgIpc) is 3.40. The Bertz CT molecular complexity index is 1030. The third kappa shape index (κ3) is 2.77. The first-order chi connectivity index (χ1) is 13.4. The van der Waals surface area contributed by atoms with Gasteiger partial charge in [0.25, 0.3) is 11.9 Å². The number of aliphatic hydroxyl groups is 3. The summed E-state index contributed by atoms with van der Waals surface area (Å²) in [6.45, 7) is -0.459. The second kappa shape index (κ2) is 6.79. The molecule has 4 heterocycles.